The second kappa shape index (κ2) is 5.47. The highest BCUT2D eigenvalue weighted by Gasteiger charge is 2.17. The van der Waals surface area contributed by atoms with Crippen molar-refractivity contribution < 1.29 is 5.11 Å². The molecule has 0 aliphatic rings. The van der Waals surface area contributed by atoms with Gasteiger partial charge in [0.25, 0.3) is 0 Å². The molecule has 3 N–H and O–H groups in total. The molecule has 0 radical (unpaired) electrons. The van der Waals surface area contributed by atoms with Crippen molar-refractivity contribution in [1.82, 2.24) is 25.8 Å². The van der Waals surface area contributed by atoms with Gasteiger partial charge in [0.05, 0.1) is 6.61 Å². The molecule has 0 aromatic carbocycles. The topological polar surface area (TPSA) is 95.9 Å². The summed E-state index contributed by atoms with van der Waals surface area (Å²) in [6, 6.07) is 0. The van der Waals surface area contributed by atoms with Crippen LogP contribution in [-0.4, -0.2) is 38.7 Å². The molecular weight excluding hydrogens is 288 g/mol. The Balaban J connectivity index is 2.21. The first-order valence-corrected chi connectivity index (χ1v) is 7.44. The van der Waals surface area contributed by atoms with Crippen LogP contribution in [0.4, 0.5) is 5.82 Å². The lowest BCUT2D eigenvalue weighted by atomic mass is 10.1. The highest BCUT2D eigenvalue weighted by atomic mass is 32.1. The zero-order valence-corrected chi connectivity index (χ0v) is 12.9. The monoisotopic (exact) mass is 304 g/mol. The number of nitrogens with one attached hydrogen (secondary N) is 2. The Morgan fingerprint density at radius 1 is 1.14 bits per heavy atom. The van der Waals surface area contributed by atoms with Crippen LogP contribution in [0, 0.1) is 20.8 Å². The Labute approximate surface area is 125 Å². The third-order valence-electron chi connectivity index (χ3n) is 3.56. The Bertz CT molecular complexity index is 815. The van der Waals surface area contributed by atoms with Gasteiger partial charge in [0.1, 0.15) is 15.0 Å². The standard InChI is InChI=1S/C13H16N6OS/c1-6-7(2)9-10-11(21-13(9)15-8(6)3)12(18-19-16-10)17-14-4-5-20/h14,20H,4-5H2,1-3H3,(H,16,17,18). The van der Waals surface area contributed by atoms with Gasteiger partial charge in [-0.3, -0.25) is 0 Å². The molecule has 0 saturated carbocycles. The minimum absolute atomic E-state index is 0.0418. The Morgan fingerprint density at radius 2 is 1.95 bits per heavy atom. The predicted molar refractivity (Wildman–Crippen MR) is 83.4 cm³/mol. The van der Waals surface area contributed by atoms with Crippen molar-refractivity contribution in [1.29, 1.82) is 0 Å². The van der Waals surface area contributed by atoms with Gasteiger partial charge < -0.3 is 10.5 Å². The average Bonchev–Trinajstić information content (AvgIpc) is 2.84. The lowest BCUT2D eigenvalue weighted by molar-refractivity contribution is 0.296. The number of aryl methyl sites for hydroxylation is 2. The molecule has 0 aliphatic heterocycles. The molecular formula is C13H16N6OS. The minimum Gasteiger partial charge on any atom is -0.395 e. The summed E-state index contributed by atoms with van der Waals surface area (Å²) in [6.45, 7) is 6.62. The quantitative estimate of drug-likeness (QED) is 0.496. The fourth-order valence-electron chi connectivity index (χ4n) is 2.22. The summed E-state index contributed by atoms with van der Waals surface area (Å²) in [5.74, 6) is 0.603. The maximum atomic E-state index is 8.81. The van der Waals surface area contributed by atoms with E-state index in [4.69, 9.17) is 5.11 Å². The summed E-state index contributed by atoms with van der Waals surface area (Å²) in [4.78, 5) is 5.59. The predicted octanol–water partition coefficient (Wildman–Crippen LogP) is 1.47. The van der Waals surface area contributed by atoms with E-state index < -0.39 is 0 Å². The summed E-state index contributed by atoms with van der Waals surface area (Å²) in [5.41, 5.74) is 10.0. The van der Waals surface area contributed by atoms with Crippen molar-refractivity contribution in [2.75, 3.05) is 18.6 Å². The van der Waals surface area contributed by atoms with E-state index in [2.05, 4.69) is 45.1 Å². The van der Waals surface area contributed by atoms with Crippen molar-refractivity contribution in [3.05, 3.63) is 16.8 Å². The number of thiophene rings is 1. The molecule has 3 rings (SSSR count). The Hall–Kier alpha value is -1.90. The maximum absolute atomic E-state index is 8.81. The van der Waals surface area contributed by atoms with E-state index in [0.29, 0.717) is 12.4 Å². The van der Waals surface area contributed by atoms with E-state index >= 15 is 0 Å². The lowest BCUT2D eigenvalue weighted by Gasteiger charge is -2.06. The smallest absolute Gasteiger partial charge is 0.184 e. The fourth-order valence-corrected chi connectivity index (χ4v) is 3.38. The van der Waals surface area contributed by atoms with Crippen molar-refractivity contribution in [2.45, 2.75) is 20.8 Å². The van der Waals surface area contributed by atoms with Crippen LogP contribution in [0.2, 0.25) is 0 Å². The van der Waals surface area contributed by atoms with Gasteiger partial charge >= 0.3 is 0 Å². The lowest BCUT2D eigenvalue weighted by Crippen LogP contribution is -2.25. The van der Waals surface area contributed by atoms with E-state index in [1.165, 1.54) is 11.1 Å². The van der Waals surface area contributed by atoms with Crippen molar-refractivity contribution in [3.63, 3.8) is 0 Å². The van der Waals surface area contributed by atoms with Crippen LogP contribution in [-0.2, 0) is 0 Å². The van der Waals surface area contributed by atoms with Crippen LogP contribution in [0.3, 0.4) is 0 Å². The number of aliphatic hydroxyl groups excluding tert-OH is 1. The fraction of sp³-hybridized carbons (Fsp3) is 0.385. The van der Waals surface area contributed by atoms with Crippen LogP contribution in [0.15, 0.2) is 0 Å². The van der Waals surface area contributed by atoms with Crippen molar-refractivity contribution in [3.8, 4) is 0 Å². The first kappa shape index (κ1) is 14.1. The molecule has 3 aromatic heterocycles. The van der Waals surface area contributed by atoms with Gasteiger partial charge in [0, 0.05) is 17.6 Å². The molecule has 0 bridgehead atoms. The molecule has 0 atom stereocenters. The maximum Gasteiger partial charge on any atom is 0.184 e. The molecule has 3 aromatic rings. The summed E-state index contributed by atoms with van der Waals surface area (Å²) < 4.78 is 0.908. The summed E-state index contributed by atoms with van der Waals surface area (Å²) in [7, 11) is 0. The largest absolute Gasteiger partial charge is 0.395 e. The van der Waals surface area contributed by atoms with Crippen LogP contribution in [0.5, 0.6) is 0 Å². The van der Waals surface area contributed by atoms with Gasteiger partial charge in [-0.2, -0.15) is 0 Å². The molecule has 8 heteroatoms. The number of anilines is 1. The zero-order chi connectivity index (χ0) is 15.0. The number of rotatable bonds is 4. The molecule has 3 heterocycles. The second-order valence-corrected chi connectivity index (χ2v) is 5.82. The molecule has 0 spiro atoms. The number of fused-ring (bicyclic) bond motifs is 3. The molecule has 7 nitrogen and oxygen atoms in total. The number of aliphatic hydroxyl groups is 1. The minimum atomic E-state index is 0.0418. The highest BCUT2D eigenvalue weighted by molar-refractivity contribution is 7.26. The van der Waals surface area contributed by atoms with Crippen LogP contribution in [0.25, 0.3) is 20.4 Å². The van der Waals surface area contributed by atoms with Gasteiger partial charge in [-0.25, -0.2) is 10.4 Å². The Kier molecular flexibility index (Phi) is 3.66. The Morgan fingerprint density at radius 3 is 2.71 bits per heavy atom. The van der Waals surface area contributed by atoms with Gasteiger partial charge in [0.2, 0.25) is 0 Å². The third kappa shape index (κ3) is 2.31. The number of hydrazine groups is 1. The zero-order valence-electron chi connectivity index (χ0n) is 12.1. The number of pyridine rings is 1. The normalized spacial score (nSPS) is 11.4. The number of hydrogen-bond acceptors (Lipinski definition) is 8. The summed E-state index contributed by atoms with van der Waals surface area (Å²) in [6.07, 6.45) is 0. The number of aromatic nitrogens is 4. The van der Waals surface area contributed by atoms with E-state index in [1.54, 1.807) is 11.3 Å². The average molecular weight is 304 g/mol. The molecule has 0 unspecified atom stereocenters. The number of hydrogen-bond donors (Lipinski definition) is 3. The first-order valence-electron chi connectivity index (χ1n) is 6.62. The van der Waals surface area contributed by atoms with Crippen molar-refractivity contribution in [2.24, 2.45) is 0 Å². The van der Waals surface area contributed by atoms with Crippen LogP contribution < -0.4 is 10.9 Å². The van der Waals surface area contributed by atoms with Gasteiger partial charge in [-0.15, -0.1) is 21.5 Å². The highest BCUT2D eigenvalue weighted by Crippen LogP contribution is 2.37. The van der Waals surface area contributed by atoms with Crippen LogP contribution >= 0.6 is 11.3 Å². The molecule has 110 valence electrons. The molecule has 0 aliphatic carbocycles. The SMILES string of the molecule is Cc1nc2sc3c(NNCCO)nnnc3c2c(C)c1C. The van der Waals surface area contributed by atoms with Gasteiger partial charge in [0.15, 0.2) is 5.82 Å². The number of nitrogens with zero attached hydrogens (tertiary/aromatic N) is 4. The second-order valence-electron chi connectivity index (χ2n) is 4.82. The van der Waals surface area contributed by atoms with E-state index in [-0.39, 0.29) is 6.61 Å². The molecule has 21 heavy (non-hydrogen) atoms. The summed E-state index contributed by atoms with van der Waals surface area (Å²) in [5, 5.41) is 21.9. The summed E-state index contributed by atoms with van der Waals surface area (Å²) >= 11 is 1.54. The first-order chi connectivity index (χ1) is 10.1. The van der Waals surface area contributed by atoms with E-state index in [1.807, 2.05) is 6.92 Å². The van der Waals surface area contributed by atoms with Crippen molar-refractivity contribution >= 4 is 37.6 Å². The van der Waals surface area contributed by atoms with E-state index in [0.717, 1.165) is 26.1 Å². The van der Waals surface area contributed by atoms with Crippen LogP contribution in [0.1, 0.15) is 16.8 Å². The van der Waals surface area contributed by atoms with Gasteiger partial charge in [-0.1, -0.05) is 0 Å². The van der Waals surface area contributed by atoms with Gasteiger partial charge in [-0.05, 0) is 37.1 Å². The molecule has 0 amide bonds. The third-order valence-corrected chi connectivity index (χ3v) is 4.64. The molecule has 0 fully saturated rings. The molecule has 0 saturated heterocycles. The van der Waals surface area contributed by atoms with E-state index in [9.17, 15) is 0 Å².